The number of aromatic hydroxyl groups is 1. The van der Waals surface area contributed by atoms with Gasteiger partial charge >= 0.3 is 0 Å². The lowest BCUT2D eigenvalue weighted by Gasteiger charge is -2.10. The van der Waals surface area contributed by atoms with Crippen LogP contribution in [0.1, 0.15) is 11.1 Å². The van der Waals surface area contributed by atoms with Crippen molar-refractivity contribution in [3.05, 3.63) is 90.0 Å². The number of carbonyl (C=O) groups is 1. The maximum atomic E-state index is 12.3. The van der Waals surface area contributed by atoms with E-state index in [2.05, 4.69) is 20.7 Å². The lowest BCUT2D eigenvalue weighted by molar-refractivity contribution is -0.118. The van der Waals surface area contributed by atoms with E-state index in [0.717, 1.165) is 22.4 Å². The van der Waals surface area contributed by atoms with Gasteiger partial charge in [-0.2, -0.15) is 5.10 Å². The van der Waals surface area contributed by atoms with Crippen LogP contribution >= 0.6 is 11.8 Å². The number of benzene rings is 3. The molecule has 0 saturated heterocycles. The summed E-state index contributed by atoms with van der Waals surface area (Å²) in [5.41, 5.74) is 6.30. The van der Waals surface area contributed by atoms with Gasteiger partial charge in [0.05, 0.1) is 12.0 Å². The third-order valence-electron chi connectivity index (χ3n) is 4.59. The Hall–Kier alpha value is -3.91. The predicted molar refractivity (Wildman–Crippen MR) is 126 cm³/mol. The van der Waals surface area contributed by atoms with E-state index in [1.807, 2.05) is 66.1 Å². The summed E-state index contributed by atoms with van der Waals surface area (Å²) in [5.74, 6) is 0.758. The zero-order valence-electron chi connectivity index (χ0n) is 17.3. The van der Waals surface area contributed by atoms with Gasteiger partial charge in [0.1, 0.15) is 5.75 Å². The minimum atomic E-state index is -0.259. The molecule has 0 atom stereocenters. The predicted octanol–water partition coefficient (Wildman–Crippen LogP) is 4.19. The van der Waals surface area contributed by atoms with Crippen LogP contribution in [0.4, 0.5) is 0 Å². The molecule has 2 N–H and O–H groups in total. The Morgan fingerprint density at radius 2 is 1.75 bits per heavy atom. The molecule has 4 rings (SSSR count). The van der Waals surface area contributed by atoms with E-state index in [-0.39, 0.29) is 17.4 Å². The largest absolute Gasteiger partial charge is 0.508 e. The first kappa shape index (κ1) is 21.3. The summed E-state index contributed by atoms with van der Waals surface area (Å²) in [7, 11) is 0. The summed E-state index contributed by atoms with van der Waals surface area (Å²) in [6, 6.07) is 24.4. The average molecular weight is 444 g/mol. The Morgan fingerprint density at radius 3 is 2.47 bits per heavy atom. The molecule has 0 radical (unpaired) electrons. The number of carbonyl (C=O) groups excluding carboxylic acids is 1. The number of hydrogen-bond acceptors (Lipinski definition) is 6. The van der Waals surface area contributed by atoms with E-state index >= 15 is 0 Å². The Labute approximate surface area is 189 Å². The number of phenolic OH excluding ortho intramolecular Hbond substituents is 1. The number of aryl methyl sites for hydroxylation is 1. The van der Waals surface area contributed by atoms with Gasteiger partial charge < -0.3 is 5.11 Å². The third kappa shape index (κ3) is 5.22. The second-order valence-electron chi connectivity index (χ2n) is 7.02. The minimum Gasteiger partial charge on any atom is -0.508 e. The van der Waals surface area contributed by atoms with Gasteiger partial charge in [-0.15, -0.1) is 10.2 Å². The lowest BCUT2D eigenvalue weighted by atomic mass is 10.2. The number of nitrogens with zero attached hydrogens (tertiary/aromatic N) is 4. The van der Waals surface area contributed by atoms with Crippen molar-refractivity contribution < 1.29 is 9.90 Å². The Bertz CT molecular complexity index is 1220. The van der Waals surface area contributed by atoms with Crippen LogP contribution in [0.15, 0.2) is 89.1 Å². The zero-order chi connectivity index (χ0) is 22.3. The lowest BCUT2D eigenvalue weighted by Crippen LogP contribution is -2.20. The Morgan fingerprint density at radius 1 is 1.03 bits per heavy atom. The Balaban J connectivity index is 1.49. The van der Waals surface area contributed by atoms with E-state index in [0.29, 0.717) is 11.0 Å². The maximum absolute atomic E-state index is 12.3. The van der Waals surface area contributed by atoms with Crippen molar-refractivity contribution in [3.8, 4) is 22.8 Å². The van der Waals surface area contributed by atoms with E-state index in [1.54, 1.807) is 24.3 Å². The first-order valence-electron chi connectivity index (χ1n) is 9.92. The second kappa shape index (κ2) is 9.93. The molecule has 160 valence electrons. The summed E-state index contributed by atoms with van der Waals surface area (Å²) < 4.78 is 1.95. The molecule has 0 spiro atoms. The molecule has 0 aliphatic carbocycles. The van der Waals surface area contributed by atoms with Crippen molar-refractivity contribution >= 4 is 23.9 Å². The van der Waals surface area contributed by atoms with Crippen molar-refractivity contribution in [3.63, 3.8) is 0 Å². The van der Waals surface area contributed by atoms with Crippen LogP contribution in [0.5, 0.6) is 5.75 Å². The van der Waals surface area contributed by atoms with Gasteiger partial charge in [0.25, 0.3) is 5.91 Å². The highest BCUT2D eigenvalue weighted by atomic mass is 32.2. The van der Waals surface area contributed by atoms with Crippen molar-refractivity contribution in [2.24, 2.45) is 5.10 Å². The van der Waals surface area contributed by atoms with Crippen LogP contribution in [0, 0.1) is 6.92 Å². The van der Waals surface area contributed by atoms with Gasteiger partial charge in [0.2, 0.25) is 0 Å². The van der Waals surface area contributed by atoms with Crippen molar-refractivity contribution in [1.29, 1.82) is 0 Å². The molecule has 1 aromatic heterocycles. The molecule has 0 unspecified atom stereocenters. The summed E-state index contributed by atoms with van der Waals surface area (Å²) in [6.45, 7) is 2.03. The average Bonchev–Trinajstić information content (AvgIpc) is 3.24. The number of hydrogen-bond donors (Lipinski definition) is 2. The van der Waals surface area contributed by atoms with E-state index in [1.165, 1.54) is 18.0 Å². The number of rotatable bonds is 7. The monoisotopic (exact) mass is 443 g/mol. The molecule has 0 aliphatic heterocycles. The molecule has 0 aliphatic rings. The number of aromatic nitrogens is 3. The zero-order valence-corrected chi connectivity index (χ0v) is 18.2. The molecule has 0 saturated carbocycles. The van der Waals surface area contributed by atoms with Crippen molar-refractivity contribution in [2.45, 2.75) is 12.1 Å². The van der Waals surface area contributed by atoms with Crippen LogP contribution in [-0.4, -0.2) is 37.7 Å². The maximum Gasteiger partial charge on any atom is 0.250 e. The SMILES string of the molecule is Cc1ccc(-n2c(SCC(=O)N/N=C\c3ccc(O)cc3)nnc2-c2ccccc2)cc1. The molecule has 0 bridgehead atoms. The van der Waals surface area contributed by atoms with Crippen LogP contribution in [-0.2, 0) is 4.79 Å². The van der Waals surface area contributed by atoms with Crippen molar-refractivity contribution in [1.82, 2.24) is 20.2 Å². The smallest absolute Gasteiger partial charge is 0.250 e. The molecule has 7 nitrogen and oxygen atoms in total. The van der Waals surface area contributed by atoms with Crippen LogP contribution < -0.4 is 5.43 Å². The fourth-order valence-corrected chi connectivity index (χ4v) is 3.71. The standard InChI is InChI=1S/C24H21N5O2S/c1-17-7-11-20(12-8-17)29-23(19-5-3-2-4-6-19)27-28-24(29)32-16-22(31)26-25-15-18-9-13-21(30)14-10-18/h2-15,30H,16H2,1H3,(H,26,31)/b25-15-. The van der Waals surface area contributed by atoms with Crippen molar-refractivity contribution in [2.75, 3.05) is 5.75 Å². The van der Waals surface area contributed by atoms with Crippen LogP contribution in [0.3, 0.4) is 0 Å². The topological polar surface area (TPSA) is 92.4 Å². The summed E-state index contributed by atoms with van der Waals surface area (Å²) in [4.78, 5) is 12.3. The normalized spacial score (nSPS) is 11.0. The molecule has 3 aromatic carbocycles. The molecule has 8 heteroatoms. The quantitative estimate of drug-likeness (QED) is 0.254. The molecular weight excluding hydrogens is 422 g/mol. The van der Waals surface area contributed by atoms with Gasteiger partial charge in [-0.3, -0.25) is 9.36 Å². The van der Waals surface area contributed by atoms with Gasteiger partial charge in [-0.1, -0.05) is 59.8 Å². The summed E-state index contributed by atoms with van der Waals surface area (Å²) in [5, 5.41) is 22.6. The molecule has 0 fully saturated rings. The highest BCUT2D eigenvalue weighted by Crippen LogP contribution is 2.28. The second-order valence-corrected chi connectivity index (χ2v) is 7.96. The molecule has 1 heterocycles. The first-order chi connectivity index (χ1) is 15.6. The fourth-order valence-electron chi connectivity index (χ4n) is 2.97. The summed E-state index contributed by atoms with van der Waals surface area (Å²) >= 11 is 1.29. The number of phenols is 1. The van der Waals surface area contributed by atoms with E-state index in [9.17, 15) is 9.90 Å². The van der Waals surface area contributed by atoms with Gasteiger partial charge in [-0.25, -0.2) is 5.43 Å². The van der Waals surface area contributed by atoms with Crippen LogP contribution in [0.25, 0.3) is 17.1 Å². The number of nitrogens with one attached hydrogen (secondary N) is 1. The number of thioether (sulfide) groups is 1. The molecule has 4 aromatic rings. The number of hydrazone groups is 1. The van der Waals surface area contributed by atoms with Gasteiger partial charge in [-0.05, 0) is 48.9 Å². The first-order valence-corrected chi connectivity index (χ1v) is 10.9. The fraction of sp³-hybridized carbons (Fsp3) is 0.0833. The van der Waals surface area contributed by atoms with Gasteiger partial charge in [0.15, 0.2) is 11.0 Å². The highest BCUT2D eigenvalue weighted by molar-refractivity contribution is 7.99. The highest BCUT2D eigenvalue weighted by Gasteiger charge is 2.17. The van der Waals surface area contributed by atoms with Gasteiger partial charge in [0, 0.05) is 11.3 Å². The summed E-state index contributed by atoms with van der Waals surface area (Å²) in [6.07, 6.45) is 1.52. The Kier molecular flexibility index (Phi) is 6.62. The molecular formula is C24H21N5O2S. The number of amides is 1. The van der Waals surface area contributed by atoms with E-state index < -0.39 is 0 Å². The third-order valence-corrected chi connectivity index (χ3v) is 5.51. The van der Waals surface area contributed by atoms with E-state index in [4.69, 9.17) is 0 Å². The minimum absolute atomic E-state index is 0.131. The molecule has 32 heavy (non-hydrogen) atoms. The molecule has 1 amide bonds. The van der Waals surface area contributed by atoms with Crippen LogP contribution in [0.2, 0.25) is 0 Å².